The van der Waals surface area contributed by atoms with E-state index in [1.54, 1.807) is 18.2 Å². The number of aliphatic hydroxyl groups is 2. The fraction of sp³-hybridized carbons (Fsp3) is 0.300. The minimum atomic E-state index is -0.905. The smallest absolute Gasteiger partial charge is 0.340 e. The first-order chi connectivity index (χ1) is 7.19. The summed E-state index contributed by atoms with van der Waals surface area (Å²) in [6, 6.07) is 6.44. The van der Waals surface area contributed by atoms with Crippen molar-refractivity contribution in [1.29, 1.82) is 0 Å². The number of anilines is 1. The topological polar surface area (TPSA) is 92.8 Å². The summed E-state index contributed by atoms with van der Waals surface area (Å²) < 4.78 is 4.80. The second-order valence-corrected chi connectivity index (χ2v) is 2.98. The van der Waals surface area contributed by atoms with Gasteiger partial charge in [-0.15, -0.1) is 0 Å². The Morgan fingerprint density at radius 1 is 1.33 bits per heavy atom. The number of carbonyl (C=O) groups excluding carboxylic acids is 1. The first-order valence-corrected chi connectivity index (χ1v) is 4.46. The standard InChI is InChI=1S/C10H13NO4/c11-9-4-2-1-3-8(9)10(14)15-7(5-12)6-13/h1-4,7,12-13H,5-6,11H2. The Morgan fingerprint density at radius 3 is 2.47 bits per heavy atom. The number of esters is 1. The number of aliphatic hydroxyl groups excluding tert-OH is 2. The average Bonchev–Trinajstić information content (AvgIpc) is 2.26. The van der Waals surface area contributed by atoms with Crippen molar-refractivity contribution in [3.8, 4) is 0 Å². The van der Waals surface area contributed by atoms with Crippen molar-refractivity contribution >= 4 is 11.7 Å². The number of hydrogen-bond acceptors (Lipinski definition) is 5. The molecule has 0 bridgehead atoms. The number of ether oxygens (including phenoxy) is 1. The normalized spacial score (nSPS) is 10.3. The number of hydrogen-bond donors (Lipinski definition) is 3. The summed E-state index contributed by atoms with van der Waals surface area (Å²) in [5, 5.41) is 17.4. The van der Waals surface area contributed by atoms with E-state index in [9.17, 15) is 4.79 Å². The summed E-state index contributed by atoms with van der Waals surface area (Å²) in [5.74, 6) is -0.652. The van der Waals surface area contributed by atoms with E-state index in [-0.39, 0.29) is 5.56 Å². The number of para-hydroxylation sites is 1. The van der Waals surface area contributed by atoms with Crippen molar-refractivity contribution in [2.45, 2.75) is 6.10 Å². The summed E-state index contributed by atoms with van der Waals surface area (Å²) >= 11 is 0. The minimum absolute atomic E-state index is 0.226. The molecule has 5 heteroatoms. The van der Waals surface area contributed by atoms with E-state index in [0.717, 1.165) is 0 Å². The monoisotopic (exact) mass is 211 g/mol. The third-order valence-electron chi connectivity index (χ3n) is 1.86. The maximum Gasteiger partial charge on any atom is 0.340 e. The molecule has 1 rings (SSSR count). The lowest BCUT2D eigenvalue weighted by molar-refractivity contribution is -0.00535. The number of carbonyl (C=O) groups is 1. The SMILES string of the molecule is Nc1ccccc1C(=O)OC(CO)CO. The molecule has 15 heavy (non-hydrogen) atoms. The van der Waals surface area contributed by atoms with Crippen LogP contribution in [0.1, 0.15) is 10.4 Å². The van der Waals surface area contributed by atoms with Gasteiger partial charge in [0.05, 0.1) is 18.8 Å². The van der Waals surface area contributed by atoms with Crippen LogP contribution in [-0.4, -0.2) is 35.5 Å². The molecule has 1 aromatic rings. The fourth-order valence-corrected chi connectivity index (χ4v) is 1.03. The molecule has 0 saturated heterocycles. The van der Waals surface area contributed by atoms with E-state index in [0.29, 0.717) is 5.69 Å². The lowest BCUT2D eigenvalue weighted by Gasteiger charge is -2.13. The van der Waals surface area contributed by atoms with Gasteiger partial charge < -0.3 is 20.7 Å². The molecule has 0 spiro atoms. The Morgan fingerprint density at radius 2 is 1.93 bits per heavy atom. The van der Waals surface area contributed by atoms with Gasteiger partial charge in [-0.2, -0.15) is 0 Å². The Balaban J connectivity index is 2.73. The van der Waals surface area contributed by atoms with Crippen LogP contribution in [0.4, 0.5) is 5.69 Å². The molecule has 0 heterocycles. The molecule has 0 amide bonds. The molecule has 0 unspecified atom stereocenters. The third-order valence-corrected chi connectivity index (χ3v) is 1.86. The van der Waals surface area contributed by atoms with Gasteiger partial charge >= 0.3 is 5.97 Å². The Hall–Kier alpha value is -1.59. The first-order valence-electron chi connectivity index (χ1n) is 4.46. The molecule has 5 nitrogen and oxygen atoms in total. The van der Waals surface area contributed by atoms with Crippen LogP contribution in [0.25, 0.3) is 0 Å². The van der Waals surface area contributed by atoms with Gasteiger partial charge in [-0.05, 0) is 12.1 Å². The summed E-state index contributed by atoms with van der Waals surface area (Å²) in [6.45, 7) is -0.843. The van der Waals surface area contributed by atoms with Crippen LogP contribution in [0.3, 0.4) is 0 Å². The van der Waals surface area contributed by atoms with Gasteiger partial charge in [0.15, 0.2) is 0 Å². The van der Waals surface area contributed by atoms with Crippen molar-refractivity contribution in [3.63, 3.8) is 0 Å². The highest BCUT2D eigenvalue weighted by atomic mass is 16.6. The molecule has 0 aliphatic carbocycles. The maximum absolute atomic E-state index is 11.5. The van der Waals surface area contributed by atoms with Crippen molar-refractivity contribution in [2.24, 2.45) is 0 Å². The van der Waals surface area contributed by atoms with Gasteiger partial charge in [0.2, 0.25) is 0 Å². The van der Waals surface area contributed by atoms with Crippen LogP contribution in [0.5, 0.6) is 0 Å². The second kappa shape index (κ2) is 5.33. The van der Waals surface area contributed by atoms with Crippen molar-refractivity contribution in [1.82, 2.24) is 0 Å². The number of benzene rings is 1. The maximum atomic E-state index is 11.5. The largest absolute Gasteiger partial charge is 0.454 e. The van der Waals surface area contributed by atoms with E-state index >= 15 is 0 Å². The van der Waals surface area contributed by atoms with Crippen LogP contribution in [0.15, 0.2) is 24.3 Å². The van der Waals surface area contributed by atoms with Crippen LogP contribution in [0.2, 0.25) is 0 Å². The number of nitrogen functional groups attached to an aromatic ring is 1. The zero-order valence-electron chi connectivity index (χ0n) is 8.09. The van der Waals surface area contributed by atoms with Gasteiger partial charge in [-0.1, -0.05) is 12.1 Å². The highest BCUT2D eigenvalue weighted by Crippen LogP contribution is 2.12. The molecule has 4 N–H and O–H groups in total. The summed E-state index contributed by atoms with van der Waals surface area (Å²) in [4.78, 5) is 11.5. The number of nitrogens with two attached hydrogens (primary N) is 1. The molecular formula is C10H13NO4. The van der Waals surface area contributed by atoms with Crippen LogP contribution < -0.4 is 5.73 Å². The van der Waals surface area contributed by atoms with Crippen LogP contribution in [0, 0.1) is 0 Å². The summed E-state index contributed by atoms with van der Waals surface area (Å²) in [5.41, 5.74) is 6.08. The zero-order chi connectivity index (χ0) is 11.3. The fourth-order valence-electron chi connectivity index (χ4n) is 1.03. The van der Waals surface area contributed by atoms with E-state index in [1.807, 2.05) is 0 Å². The molecule has 82 valence electrons. The minimum Gasteiger partial charge on any atom is -0.454 e. The molecule has 0 aliphatic heterocycles. The molecule has 1 aromatic carbocycles. The van der Waals surface area contributed by atoms with Gasteiger partial charge in [-0.25, -0.2) is 4.79 Å². The molecule has 0 radical (unpaired) electrons. The van der Waals surface area contributed by atoms with E-state index in [2.05, 4.69) is 0 Å². The Bertz CT molecular complexity index is 336. The second-order valence-electron chi connectivity index (χ2n) is 2.98. The number of rotatable bonds is 4. The van der Waals surface area contributed by atoms with Crippen molar-refractivity contribution in [3.05, 3.63) is 29.8 Å². The Kier molecular flexibility index (Phi) is 4.08. The van der Waals surface area contributed by atoms with Gasteiger partial charge in [0.1, 0.15) is 6.10 Å². The van der Waals surface area contributed by atoms with Crippen molar-refractivity contribution in [2.75, 3.05) is 18.9 Å². The Labute approximate surface area is 87.1 Å². The van der Waals surface area contributed by atoms with Crippen LogP contribution in [-0.2, 0) is 4.74 Å². The van der Waals surface area contributed by atoms with Gasteiger partial charge in [-0.3, -0.25) is 0 Å². The third kappa shape index (κ3) is 2.93. The van der Waals surface area contributed by atoms with Crippen LogP contribution >= 0.6 is 0 Å². The quantitative estimate of drug-likeness (QED) is 0.473. The summed E-state index contributed by atoms with van der Waals surface area (Å²) in [7, 11) is 0. The van der Waals surface area contributed by atoms with E-state index in [1.165, 1.54) is 6.07 Å². The highest BCUT2D eigenvalue weighted by Gasteiger charge is 2.15. The van der Waals surface area contributed by atoms with Gasteiger partial charge in [0.25, 0.3) is 0 Å². The predicted molar refractivity (Wildman–Crippen MR) is 54.2 cm³/mol. The van der Waals surface area contributed by atoms with E-state index in [4.69, 9.17) is 20.7 Å². The molecule has 0 aliphatic rings. The summed E-state index contributed by atoms with van der Waals surface area (Å²) in [6.07, 6.45) is -0.905. The van der Waals surface area contributed by atoms with E-state index < -0.39 is 25.3 Å². The first kappa shape index (κ1) is 11.5. The highest BCUT2D eigenvalue weighted by molar-refractivity contribution is 5.95. The molecule has 0 saturated carbocycles. The average molecular weight is 211 g/mol. The molecule has 0 fully saturated rings. The molecular weight excluding hydrogens is 198 g/mol. The zero-order valence-corrected chi connectivity index (χ0v) is 8.09. The predicted octanol–water partition coefficient (Wildman–Crippen LogP) is -0.221. The van der Waals surface area contributed by atoms with Crippen molar-refractivity contribution < 1.29 is 19.7 Å². The molecule has 0 atom stereocenters. The molecule has 0 aromatic heterocycles. The lowest BCUT2D eigenvalue weighted by Crippen LogP contribution is -2.26. The van der Waals surface area contributed by atoms with Gasteiger partial charge in [0, 0.05) is 5.69 Å². The lowest BCUT2D eigenvalue weighted by atomic mass is 10.2.